The number of fused-ring (bicyclic) bond motifs is 2. The predicted molar refractivity (Wildman–Crippen MR) is 167 cm³/mol. The maximum atomic E-state index is 15.2. The molecule has 0 unspecified atom stereocenters. The summed E-state index contributed by atoms with van der Waals surface area (Å²) in [5.41, 5.74) is -1.01. The number of methoxy groups -OCH3 is 1. The van der Waals surface area contributed by atoms with Gasteiger partial charge in [0.25, 0.3) is 5.91 Å². The fourth-order valence-electron chi connectivity index (χ4n) is 7.64. The van der Waals surface area contributed by atoms with Crippen molar-refractivity contribution in [3.63, 3.8) is 0 Å². The second-order valence-corrected chi connectivity index (χ2v) is 14.6. The molecule has 3 fully saturated rings. The quantitative estimate of drug-likeness (QED) is 0.272. The largest absolute Gasteiger partial charge is 0.496 e. The van der Waals surface area contributed by atoms with Gasteiger partial charge in [-0.1, -0.05) is 26.7 Å². The van der Waals surface area contributed by atoms with Gasteiger partial charge < -0.3 is 24.8 Å². The fraction of sp³-hybridized carbons (Fsp3) is 0.743. The molecule has 2 bridgehead atoms. The Morgan fingerprint density at radius 2 is 1.66 bits per heavy atom. The summed E-state index contributed by atoms with van der Waals surface area (Å²) in [6.45, 7) is 13.8. The summed E-state index contributed by atoms with van der Waals surface area (Å²) in [7, 11) is 1.40. The third kappa shape index (κ3) is 7.51. The number of carbonyl (C=O) groups is 3. The lowest BCUT2D eigenvalue weighted by molar-refractivity contribution is -0.169. The molecule has 1 aromatic rings. The normalized spacial score (nSPS) is 28.8. The lowest BCUT2D eigenvalue weighted by atomic mass is 9.74. The van der Waals surface area contributed by atoms with Gasteiger partial charge in [0.2, 0.25) is 5.91 Å². The van der Waals surface area contributed by atoms with Crippen molar-refractivity contribution in [2.45, 2.75) is 130 Å². The number of rotatable bonds is 11. The molecule has 0 aromatic heterocycles. The van der Waals surface area contributed by atoms with Gasteiger partial charge in [-0.3, -0.25) is 14.4 Å². The Morgan fingerprint density at radius 3 is 2.25 bits per heavy atom. The molecule has 8 nitrogen and oxygen atoms in total. The Bertz CT molecular complexity index is 1200. The first kappa shape index (κ1) is 34.0. The summed E-state index contributed by atoms with van der Waals surface area (Å²) in [6, 6.07) is 2.35. The zero-order chi connectivity index (χ0) is 32.4. The molecule has 0 heterocycles. The summed E-state index contributed by atoms with van der Waals surface area (Å²) in [5, 5.41) is 6.39. The number of benzene rings is 1. The molecule has 44 heavy (non-hydrogen) atoms. The molecule has 246 valence electrons. The standard InChI is InChI=1S/C35H53FN2O6/c1-9-21(10-2)20(3)37-32(40)29-22-11-12-23(17-22)30(29)38-31(39)25-18-28(26(36)19-27(25)42-8)43-24-13-15-35(7,16-14-24)33(41)44-34(4,5)6/h18-24,29-30H,9-17H2,1-8H3,(H,37,40)(H,38,39)/t20-,22-,23+,24-,29+,30-,35+/m1/s1. The van der Waals surface area contributed by atoms with Crippen LogP contribution in [0.3, 0.4) is 0 Å². The second kappa shape index (κ2) is 13.7. The average Bonchev–Trinajstić information content (AvgIpc) is 3.57. The van der Waals surface area contributed by atoms with Gasteiger partial charge in [0.1, 0.15) is 11.4 Å². The second-order valence-electron chi connectivity index (χ2n) is 14.6. The van der Waals surface area contributed by atoms with E-state index in [1.165, 1.54) is 19.2 Å². The van der Waals surface area contributed by atoms with Gasteiger partial charge in [-0.15, -0.1) is 0 Å². The summed E-state index contributed by atoms with van der Waals surface area (Å²) in [6.07, 6.45) is 6.78. The molecule has 2 amide bonds. The van der Waals surface area contributed by atoms with E-state index in [0.29, 0.717) is 31.6 Å². The smallest absolute Gasteiger partial charge is 0.312 e. The van der Waals surface area contributed by atoms with E-state index in [1.807, 2.05) is 27.7 Å². The lowest BCUT2D eigenvalue weighted by Gasteiger charge is -2.37. The Morgan fingerprint density at radius 1 is 1.02 bits per heavy atom. The average molecular weight is 617 g/mol. The number of carbonyl (C=O) groups excluding carboxylic acids is 3. The van der Waals surface area contributed by atoms with E-state index >= 15 is 4.39 Å². The zero-order valence-electron chi connectivity index (χ0n) is 27.9. The van der Waals surface area contributed by atoms with Crippen molar-refractivity contribution >= 4 is 17.8 Å². The summed E-state index contributed by atoms with van der Waals surface area (Å²) < 4.78 is 32.3. The number of hydrogen-bond acceptors (Lipinski definition) is 6. The zero-order valence-corrected chi connectivity index (χ0v) is 27.9. The fourth-order valence-corrected chi connectivity index (χ4v) is 7.64. The third-order valence-corrected chi connectivity index (χ3v) is 10.4. The van der Waals surface area contributed by atoms with Crippen LogP contribution in [0.4, 0.5) is 4.39 Å². The summed E-state index contributed by atoms with van der Waals surface area (Å²) >= 11 is 0. The van der Waals surface area contributed by atoms with Crippen molar-refractivity contribution in [3.8, 4) is 11.5 Å². The first-order valence-electron chi connectivity index (χ1n) is 16.6. The molecule has 0 spiro atoms. The molecule has 2 N–H and O–H groups in total. The Kier molecular flexibility index (Phi) is 10.6. The van der Waals surface area contributed by atoms with Gasteiger partial charge >= 0.3 is 5.97 Å². The summed E-state index contributed by atoms with van der Waals surface area (Å²) in [4.78, 5) is 40.1. The van der Waals surface area contributed by atoms with Crippen LogP contribution in [0.15, 0.2) is 12.1 Å². The number of hydrogen-bond donors (Lipinski definition) is 2. The van der Waals surface area contributed by atoms with Crippen molar-refractivity contribution in [2.24, 2.45) is 29.1 Å². The molecule has 1 aromatic carbocycles. The van der Waals surface area contributed by atoms with E-state index < -0.39 is 22.7 Å². The van der Waals surface area contributed by atoms with Crippen molar-refractivity contribution in [3.05, 3.63) is 23.5 Å². The topological polar surface area (TPSA) is 103 Å². The van der Waals surface area contributed by atoms with Gasteiger partial charge in [-0.2, -0.15) is 0 Å². The number of amides is 2. The number of ether oxygens (including phenoxy) is 3. The minimum absolute atomic E-state index is 0.00711. The van der Waals surface area contributed by atoms with Gasteiger partial charge in [0, 0.05) is 18.2 Å². The molecule has 3 aliphatic carbocycles. The van der Waals surface area contributed by atoms with Crippen LogP contribution in [0.2, 0.25) is 0 Å². The third-order valence-electron chi connectivity index (χ3n) is 10.4. The van der Waals surface area contributed by atoms with E-state index in [4.69, 9.17) is 14.2 Å². The van der Waals surface area contributed by atoms with Gasteiger partial charge in [0.15, 0.2) is 11.6 Å². The van der Waals surface area contributed by atoms with Crippen molar-refractivity contribution in [1.82, 2.24) is 10.6 Å². The molecule has 0 aliphatic heterocycles. The molecule has 9 heteroatoms. The van der Waals surface area contributed by atoms with Crippen LogP contribution >= 0.6 is 0 Å². The Balaban J connectivity index is 1.45. The number of nitrogens with one attached hydrogen (secondary N) is 2. The minimum Gasteiger partial charge on any atom is -0.496 e. The number of halogens is 1. The van der Waals surface area contributed by atoms with Crippen LogP contribution in [0.5, 0.6) is 11.5 Å². The van der Waals surface area contributed by atoms with Crippen LogP contribution in [0.1, 0.15) is 117 Å². The maximum Gasteiger partial charge on any atom is 0.312 e. The van der Waals surface area contributed by atoms with Gasteiger partial charge in [-0.05, 0) is 103 Å². The van der Waals surface area contributed by atoms with Crippen LogP contribution < -0.4 is 20.1 Å². The SMILES string of the molecule is CCC(CC)[C@@H](C)NC(=O)[C@H]1[C@@H]2CC[C@@H](C2)[C@H]1NC(=O)c1cc(O[C@H]2CC[C@@](C)(C(=O)OC(C)(C)C)CC2)c(F)cc1OC. The lowest BCUT2D eigenvalue weighted by Crippen LogP contribution is -2.52. The van der Waals surface area contributed by atoms with Crippen LogP contribution in [-0.2, 0) is 14.3 Å². The predicted octanol–water partition coefficient (Wildman–Crippen LogP) is 6.59. The molecule has 0 radical (unpaired) electrons. The monoisotopic (exact) mass is 616 g/mol. The highest BCUT2D eigenvalue weighted by Gasteiger charge is 2.52. The highest BCUT2D eigenvalue weighted by molar-refractivity contribution is 5.98. The van der Waals surface area contributed by atoms with Gasteiger partial charge in [0.05, 0.1) is 30.1 Å². The van der Waals surface area contributed by atoms with Crippen molar-refractivity contribution < 1.29 is 33.0 Å². The molecule has 3 saturated carbocycles. The minimum atomic E-state index is -0.619. The van der Waals surface area contributed by atoms with E-state index in [9.17, 15) is 14.4 Å². The first-order chi connectivity index (χ1) is 20.7. The van der Waals surface area contributed by atoms with E-state index in [-0.39, 0.29) is 64.9 Å². The summed E-state index contributed by atoms with van der Waals surface area (Å²) in [5.74, 6) is -0.576. The molecule has 5 atom stereocenters. The molecule has 3 aliphatic rings. The molecule has 0 saturated heterocycles. The highest BCUT2D eigenvalue weighted by atomic mass is 19.1. The van der Waals surface area contributed by atoms with Crippen LogP contribution in [0.25, 0.3) is 0 Å². The Hall–Kier alpha value is -2.84. The first-order valence-corrected chi connectivity index (χ1v) is 16.6. The molecular formula is C35H53FN2O6. The highest BCUT2D eigenvalue weighted by Crippen LogP contribution is 2.49. The van der Waals surface area contributed by atoms with E-state index in [1.54, 1.807) is 0 Å². The van der Waals surface area contributed by atoms with Crippen LogP contribution in [0, 0.1) is 34.9 Å². The van der Waals surface area contributed by atoms with Gasteiger partial charge in [-0.25, -0.2) is 4.39 Å². The van der Waals surface area contributed by atoms with Crippen LogP contribution in [-0.4, -0.2) is 48.7 Å². The van der Waals surface area contributed by atoms with Crippen molar-refractivity contribution in [2.75, 3.05) is 7.11 Å². The number of esters is 1. The van der Waals surface area contributed by atoms with E-state index in [2.05, 4.69) is 31.4 Å². The maximum absolute atomic E-state index is 15.2. The Labute approximate surface area is 262 Å². The van der Waals surface area contributed by atoms with Crippen molar-refractivity contribution in [1.29, 1.82) is 0 Å². The van der Waals surface area contributed by atoms with E-state index in [0.717, 1.165) is 32.1 Å². The molecule has 4 rings (SSSR count). The molecular weight excluding hydrogens is 563 g/mol.